The molecule has 0 aromatic carbocycles. The Bertz CT molecular complexity index is 348. The van der Waals surface area contributed by atoms with Crippen LogP contribution in [-0.2, 0) is 0 Å². The highest BCUT2D eigenvalue weighted by atomic mass is 32.2. The molecule has 82 valence electrons. The van der Waals surface area contributed by atoms with Crippen LogP contribution in [0.4, 0.5) is 0 Å². The van der Waals surface area contributed by atoms with Gasteiger partial charge in [-0.15, -0.1) is 0 Å². The van der Waals surface area contributed by atoms with Crippen molar-refractivity contribution in [2.24, 2.45) is 5.92 Å². The molecule has 5 heteroatoms. The molecule has 2 aliphatic rings. The largest absolute Gasteiger partial charge is 0.338 e. The zero-order valence-corrected chi connectivity index (χ0v) is 9.59. The van der Waals surface area contributed by atoms with Crippen LogP contribution in [-0.4, -0.2) is 28.2 Å². The van der Waals surface area contributed by atoms with Crippen molar-refractivity contribution in [1.82, 2.24) is 15.5 Å². The third kappa shape index (κ3) is 1.90. The molecule has 0 spiro atoms. The Kier molecular flexibility index (Phi) is 2.44. The molecule has 15 heavy (non-hydrogen) atoms. The Morgan fingerprint density at radius 2 is 2.40 bits per heavy atom. The fourth-order valence-corrected chi connectivity index (χ4v) is 2.87. The molecule has 4 nitrogen and oxygen atoms in total. The smallest absolute Gasteiger partial charge is 0.244 e. The van der Waals surface area contributed by atoms with Crippen LogP contribution in [0, 0.1) is 5.92 Å². The van der Waals surface area contributed by atoms with Gasteiger partial charge < -0.3 is 9.84 Å². The lowest BCUT2D eigenvalue weighted by molar-refractivity contribution is 0.338. The van der Waals surface area contributed by atoms with Crippen molar-refractivity contribution in [1.29, 1.82) is 0 Å². The lowest BCUT2D eigenvalue weighted by Crippen LogP contribution is -2.30. The van der Waals surface area contributed by atoms with E-state index in [1.807, 2.05) is 11.8 Å². The van der Waals surface area contributed by atoms with Gasteiger partial charge in [0.15, 0.2) is 5.82 Å². The van der Waals surface area contributed by atoms with Gasteiger partial charge in [-0.3, -0.25) is 0 Å². The van der Waals surface area contributed by atoms with Gasteiger partial charge in [-0.05, 0) is 12.3 Å². The van der Waals surface area contributed by atoms with Crippen LogP contribution >= 0.6 is 11.8 Å². The molecule has 1 aromatic heterocycles. The highest BCUT2D eigenvalue weighted by molar-refractivity contribution is 7.99. The highest BCUT2D eigenvalue weighted by Crippen LogP contribution is 2.45. The maximum atomic E-state index is 5.32. The molecule has 0 bridgehead atoms. The molecule has 1 N–H and O–H groups in total. The van der Waals surface area contributed by atoms with Gasteiger partial charge in [0, 0.05) is 24.0 Å². The molecule has 1 aliphatic heterocycles. The fraction of sp³-hybridized carbons (Fsp3) is 0.800. The SMILES string of the molecule is CC1CC1c1noc(C2CSCCN2)n1. The standard InChI is InChI=1S/C10H15N3OS/c1-6-4-7(6)9-12-10(14-13-9)8-5-15-3-2-11-8/h6-8,11H,2-5H2,1H3. The first-order valence-electron chi connectivity index (χ1n) is 5.49. The maximum Gasteiger partial charge on any atom is 0.244 e. The van der Waals surface area contributed by atoms with E-state index in [2.05, 4.69) is 22.4 Å². The van der Waals surface area contributed by atoms with Crippen molar-refractivity contribution in [3.63, 3.8) is 0 Å². The Morgan fingerprint density at radius 3 is 3.07 bits per heavy atom. The first-order chi connectivity index (χ1) is 7.34. The van der Waals surface area contributed by atoms with Gasteiger partial charge in [-0.1, -0.05) is 12.1 Å². The summed E-state index contributed by atoms with van der Waals surface area (Å²) < 4.78 is 5.32. The maximum absolute atomic E-state index is 5.32. The number of aromatic nitrogens is 2. The summed E-state index contributed by atoms with van der Waals surface area (Å²) in [6.45, 7) is 3.27. The number of hydrogen-bond donors (Lipinski definition) is 1. The van der Waals surface area contributed by atoms with Crippen molar-refractivity contribution in [3.05, 3.63) is 11.7 Å². The number of hydrogen-bond acceptors (Lipinski definition) is 5. The summed E-state index contributed by atoms with van der Waals surface area (Å²) in [5.41, 5.74) is 0. The summed E-state index contributed by atoms with van der Waals surface area (Å²) >= 11 is 1.94. The highest BCUT2D eigenvalue weighted by Gasteiger charge is 2.38. The summed E-state index contributed by atoms with van der Waals surface area (Å²) in [4.78, 5) is 4.49. The minimum atomic E-state index is 0.263. The molecule has 3 unspecified atom stereocenters. The molecular weight excluding hydrogens is 210 g/mol. The topological polar surface area (TPSA) is 51.0 Å². The third-order valence-corrected chi connectivity index (χ3v) is 4.18. The van der Waals surface area contributed by atoms with E-state index in [-0.39, 0.29) is 6.04 Å². The lowest BCUT2D eigenvalue weighted by atomic mass is 10.3. The van der Waals surface area contributed by atoms with E-state index in [4.69, 9.17) is 4.52 Å². The summed E-state index contributed by atoms with van der Waals surface area (Å²) in [5, 5.41) is 7.47. The zero-order chi connectivity index (χ0) is 10.3. The molecule has 1 aromatic rings. The monoisotopic (exact) mass is 225 g/mol. The molecule has 2 heterocycles. The zero-order valence-electron chi connectivity index (χ0n) is 8.77. The van der Waals surface area contributed by atoms with E-state index >= 15 is 0 Å². The van der Waals surface area contributed by atoms with Crippen molar-refractivity contribution >= 4 is 11.8 Å². The van der Waals surface area contributed by atoms with E-state index in [9.17, 15) is 0 Å². The second-order valence-electron chi connectivity index (χ2n) is 4.39. The quantitative estimate of drug-likeness (QED) is 0.828. The molecule has 1 aliphatic carbocycles. The van der Waals surface area contributed by atoms with Crippen molar-refractivity contribution in [3.8, 4) is 0 Å². The van der Waals surface area contributed by atoms with Crippen LogP contribution < -0.4 is 5.32 Å². The average Bonchev–Trinajstić information content (AvgIpc) is 2.83. The molecule has 0 amide bonds. The molecular formula is C10H15N3OS. The fourth-order valence-electron chi connectivity index (χ4n) is 1.95. The molecule has 3 atom stereocenters. The molecule has 0 radical (unpaired) electrons. The normalized spacial score (nSPS) is 35.4. The van der Waals surface area contributed by atoms with Crippen LogP contribution in [0.2, 0.25) is 0 Å². The molecule has 1 saturated heterocycles. The van der Waals surface area contributed by atoms with Crippen molar-refractivity contribution in [2.45, 2.75) is 25.3 Å². The van der Waals surface area contributed by atoms with Gasteiger partial charge in [0.05, 0.1) is 6.04 Å². The minimum Gasteiger partial charge on any atom is -0.338 e. The van der Waals surface area contributed by atoms with Gasteiger partial charge in [-0.2, -0.15) is 16.7 Å². The van der Waals surface area contributed by atoms with Crippen LogP contribution in [0.3, 0.4) is 0 Å². The molecule has 3 rings (SSSR count). The number of nitrogens with one attached hydrogen (secondary N) is 1. The van der Waals surface area contributed by atoms with Crippen LogP contribution in [0.5, 0.6) is 0 Å². The van der Waals surface area contributed by atoms with Crippen molar-refractivity contribution < 1.29 is 4.52 Å². The molecule has 1 saturated carbocycles. The van der Waals surface area contributed by atoms with Gasteiger partial charge in [-0.25, -0.2) is 0 Å². The Hall–Kier alpha value is -0.550. The van der Waals surface area contributed by atoms with E-state index in [1.54, 1.807) is 0 Å². The van der Waals surface area contributed by atoms with Crippen molar-refractivity contribution in [2.75, 3.05) is 18.1 Å². The first kappa shape index (κ1) is 9.66. The Morgan fingerprint density at radius 1 is 1.53 bits per heavy atom. The van der Waals surface area contributed by atoms with Crippen LogP contribution in [0.1, 0.15) is 37.0 Å². The van der Waals surface area contributed by atoms with Gasteiger partial charge in [0.1, 0.15) is 0 Å². The predicted molar refractivity (Wildman–Crippen MR) is 58.9 cm³/mol. The number of rotatable bonds is 2. The van der Waals surface area contributed by atoms with Crippen LogP contribution in [0.25, 0.3) is 0 Å². The number of thioether (sulfide) groups is 1. The number of nitrogens with zero attached hydrogens (tertiary/aromatic N) is 2. The second-order valence-corrected chi connectivity index (χ2v) is 5.54. The summed E-state index contributed by atoms with van der Waals surface area (Å²) in [6.07, 6.45) is 1.21. The average molecular weight is 225 g/mol. The van der Waals surface area contributed by atoms with Gasteiger partial charge >= 0.3 is 0 Å². The summed E-state index contributed by atoms with van der Waals surface area (Å²) in [6, 6.07) is 0.263. The minimum absolute atomic E-state index is 0.263. The first-order valence-corrected chi connectivity index (χ1v) is 6.64. The van der Waals surface area contributed by atoms with E-state index in [0.717, 1.165) is 29.9 Å². The Labute approximate surface area is 93.2 Å². The van der Waals surface area contributed by atoms with E-state index < -0.39 is 0 Å². The summed E-state index contributed by atoms with van der Waals surface area (Å²) in [7, 11) is 0. The van der Waals surface area contributed by atoms with E-state index in [0.29, 0.717) is 5.92 Å². The van der Waals surface area contributed by atoms with Gasteiger partial charge in [0.2, 0.25) is 5.89 Å². The summed E-state index contributed by atoms with van der Waals surface area (Å²) in [5.74, 6) is 5.20. The predicted octanol–water partition coefficient (Wildman–Crippen LogP) is 1.57. The second kappa shape index (κ2) is 3.79. The van der Waals surface area contributed by atoms with E-state index in [1.165, 1.54) is 12.2 Å². The third-order valence-electron chi connectivity index (χ3n) is 3.12. The van der Waals surface area contributed by atoms with Gasteiger partial charge in [0.25, 0.3) is 0 Å². The lowest BCUT2D eigenvalue weighted by Gasteiger charge is -2.19. The molecule has 2 fully saturated rings. The Balaban J connectivity index is 1.72. The van der Waals surface area contributed by atoms with Crippen LogP contribution in [0.15, 0.2) is 4.52 Å².